The van der Waals surface area contributed by atoms with E-state index in [1.807, 2.05) is 11.0 Å². The topological polar surface area (TPSA) is 114 Å². The fraction of sp³-hybridized carbons (Fsp3) is 0.409. The van der Waals surface area contributed by atoms with Gasteiger partial charge in [-0.3, -0.25) is 14.5 Å². The zero-order chi connectivity index (χ0) is 22.9. The summed E-state index contributed by atoms with van der Waals surface area (Å²) in [6.07, 6.45) is 0. The lowest BCUT2D eigenvalue weighted by Crippen LogP contribution is -2.53. The van der Waals surface area contributed by atoms with Crippen LogP contribution in [0.15, 0.2) is 29.2 Å². The number of rotatable bonds is 6. The Bertz CT molecular complexity index is 1170. The number of nitrogens with one attached hydrogen (secondary N) is 1. The number of carbonyl (C=O) groups excluding carboxylic acids is 2. The molecular weight excluding hydrogens is 416 g/mol. The quantitative estimate of drug-likeness (QED) is 0.687. The van der Waals surface area contributed by atoms with Gasteiger partial charge < -0.3 is 4.98 Å². The van der Waals surface area contributed by atoms with Gasteiger partial charge in [0.2, 0.25) is 10.0 Å². The third kappa shape index (κ3) is 4.19. The summed E-state index contributed by atoms with van der Waals surface area (Å²) in [5.74, 6) is -0.214. The normalized spacial score (nSPS) is 16.6. The fourth-order valence-corrected chi connectivity index (χ4v) is 5.72. The molecule has 2 aromatic rings. The number of piperazine rings is 1. The van der Waals surface area contributed by atoms with Crippen LogP contribution in [0.3, 0.4) is 0 Å². The molecule has 0 aliphatic carbocycles. The molecule has 0 saturated carbocycles. The average molecular weight is 443 g/mol. The summed E-state index contributed by atoms with van der Waals surface area (Å²) < 4.78 is 27.4. The Morgan fingerprint density at radius 2 is 1.74 bits per heavy atom. The molecule has 2 heterocycles. The lowest BCUT2D eigenvalue weighted by atomic mass is 10.0. The van der Waals surface area contributed by atoms with E-state index >= 15 is 0 Å². The molecule has 8 nitrogen and oxygen atoms in total. The number of ketones is 2. The first-order chi connectivity index (χ1) is 14.6. The van der Waals surface area contributed by atoms with E-state index in [2.05, 4.69) is 4.98 Å². The molecule has 1 aromatic carbocycles. The van der Waals surface area contributed by atoms with Gasteiger partial charge in [-0.15, -0.1) is 0 Å². The van der Waals surface area contributed by atoms with Crippen molar-refractivity contribution < 1.29 is 18.0 Å². The maximum absolute atomic E-state index is 13.1. The van der Waals surface area contributed by atoms with E-state index in [0.717, 1.165) is 0 Å². The van der Waals surface area contributed by atoms with Crippen molar-refractivity contribution in [3.05, 3.63) is 52.3 Å². The van der Waals surface area contributed by atoms with Crippen LogP contribution in [0.2, 0.25) is 0 Å². The SMILES string of the molecule is CC(=O)c1c(C)[nH]c(C(=O)[C@H](C)N2CCN(S(=O)(=O)c3ccccc3C#N)CC2)c1C. The van der Waals surface area contributed by atoms with E-state index in [9.17, 15) is 23.3 Å². The first-order valence-corrected chi connectivity index (χ1v) is 11.5. The minimum atomic E-state index is -3.79. The highest BCUT2D eigenvalue weighted by atomic mass is 32.2. The summed E-state index contributed by atoms with van der Waals surface area (Å²) in [7, 11) is -3.79. The molecule has 0 radical (unpaired) electrons. The highest BCUT2D eigenvalue weighted by molar-refractivity contribution is 7.89. The Kier molecular flexibility index (Phi) is 6.46. The first-order valence-electron chi connectivity index (χ1n) is 10.1. The molecule has 0 unspecified atom stereocenters. The first kappa shape index (κ1) is 22.9. The minimum absolute atomic E-state index is 0.00400. The summed E-state index contributed by atoms with van der Waals surface area (Å²) in [6.45, 7) is 8.03. The highest BCUT2D eigenvalue weighted by Gasteiger charge is 2.34. The molecule has 0 spiro atoms. The number of hydrogen-bond acceptors (Lipinski definition) is 6. The number of sulfonamides is 1. The number of aromatic nitrogens is 1. The van der Waals surface area contributed by atoms with Crippen molar-refractivity contribution in [3.63, 3.8) is 0 Å². The van der Waals surface area contributed by atoms with Gasteiger partial charge in [-0.05, 0) is 45.4 Å². The Morgan fingerprint density at radius 3 is 2.29 bits per heavy atom. The van der Waals surface area contributed by atoms with Crippen molar-refractivity contribution in [2.75, 3.05) is 26.2 Å². The van der Waals surface area contributed by atoms with Crippen LogP contribution in [0.1, 0.15) is 51.5 Å². The molecule has 1 saturated heterocycles. The Balaban J connectivity index is 1.74. The second kappa shape index (κ2) is 8.75. The van der Waals surface area contributed by atoms with Crippen molar-refractivity contribution in [2.45, 2.75) is 38.6 Å². The molecule has 1 aliphatic heterocycles. The molecule has 3 rings (SSSR count). The Labute approximate surface area is 182 Å². The minimum Gasteiger partial charge on any atom is -0.355 e. The molecule has 164 valence electrons. The van der Waals surface area contributed by atoms with Gasteiger partial charge in [-0.1, -0.05) is 12.1 Å². The lowest BCUT2D eigenvalue weighted by Gasteiger charge is -2.36. The number of hydrogen-bond donors (Lipinski definition) is 1. The van der Waals surface area contributed by atoms with Crippen LogP contribution in [-0.4, -0.2) is 66.4 Å². The van der Waals surface area contributed by atoms with Crippen LogP contribution in [-0.2, 0) is 10.0 Å². The second-order valence-corrected chi connectivity index (χ2v) is 9.68. The van der Waals surface area contributed by atoms with Gasteiger partial charge in [0.15, 0.2) is 11.6 Å². The van der Waals surface area contributed by atoms with E-state index in [1.165, 1.54) is 23.4 Å². The zero-order valence-corrected chi connectivity index (χ0v) is 18.9. The molecule has 1 aliphatic rings. The zero-order valence-electron chi connectivity index (χ0n) is 18.1. The molecule has 0 bridgehead atoms. The van der Waals surface area contributed by atoms with Gasteiger partial charge in [0, 0.05) is 37.4 Å². The van der Waals surface area contributed by atoms with Crippen LogP contribution in [0, 0.1) is 25.2 Å². The van der Waals surface area contributed by atoms with Gasteiger partial charge in [-0.25, -0.2) is 8.42 Å². The van der Waals surface area contributed by atoms with Crippen molar-refractivity contribution in [1.82, 2.24) is 14.2 Å². The van der Waals surface area contributed by atoms with Gasteiger partial charge in [0.25, 0.3) is 0 Å². The van der Waals surface area contributed by atoms with E-state index in [0.29, 0.717) is 35.6 Å². The molecule has 1 aromatic heterocycles. The maximum Gasteiger partial charge on any atom is 0.244 e. The number of aromatic amines is 1. The molecular formula is C22H26N4O4S. The number of nitriles is 1. The van der Waals surface area contributed by atoms with Crippen molar-refractivity contribution in [2.24, 2.45) is 0 Å². The van der Waals surface area contributed by atoms with Crippen LogP contribution in [0.4, 0.5) is 0 Å². The summed E-state index contributed by atoms with van der Waals surface area (Å²) in [4.78, 5) is 29.9. The van der Waals surface area contributed by atoms with Crippen LogP contribution in [0.5, 0.6) is 0 Å². The number of benzene rings is 1. The molecule has 9 heteroatoms. The van der Waals surface area contributed by atoms with E-state index in [4.69, 9.17) is 0 Å². The lowest BCUT2D eigenvalue weighted by molar-refractivity contribution is 0.0777. The third-order valence-corrected chi connectivity index (χ3v) is 7.82. The number of Topliss-reactive ketones (excluding diaryl/α,β-unsaturated/α-hetero) is 2. The summed E-state index contributed by atoms with van der Waals surface area (Å²) in [5.41, 5.74) is 2.41. The van der Waals surface area contributed by atoms with Crippen LogP contribution >= 0.6 is 0 Å². The van der Waals surface area contributed by atoms with Gasteiger partial charge in [0.1, 0.15) is 6.07 Å². The predicted octanol–water partition coefficient (Wildman–Crippen LogP) is 2.28. The van der Waals surface area contributed by atoms with E-state index in [1.54, 1.807) is 32.9 Å². The standard InChI is InChI=1S/C22H26N4O4S/c1-14-20(17(4)27)15(2)24-21(14)22(28)16(3)25-9-11-26(12-10-25)31(29,30)19-8-6-5-7-18(19)13-23/h5-8,16,24H,9-12H2,1-4H3/t16-/m0/s1. The van der Waals surface area contributed by atoms with Gasteiger partial charge >= 0.3 is 0 Å². The molecule has 1 N–H and O–H groups in total. The summed E-state index contributed by atoms with van der Waals surface area (Å²) in [5, 5.41) is 9.24. The Hall–Kier alpha value is -2.80. The van der Waals surface area contributed by atoms with Gasteiger partial charge in [0.05, 0.1) is 22.2 Å². The number of aryl methyl sites for hydroxylation is 1. The number of nitrogens with zero attached hydrogens (tertiary/aromatic N) is 3. The fourth-order valence-electron chi connectivity index (χ4n) is 4.15. The maximum atomic E-state index is 13.1. The molecule has 0 amide bonds. The largest absolute Gasteiger partial charge is 0.355 e. The Morgan fingerprint density at radius 1 is 1.13 bits per heavy atom. The van der Waals surface area contributed by atoms with Gasteiger partial charge in [-0.2, -0.15) is 9.57 Å². The third-order valence-electron chi connectivity index (χ3n) is 5.86. The predicted molar refractivity (Wildman–Crippen MR) is 116 cm³/mol. The smallest absolute Gasteiger partial charge is 0.244 e. The van der Waals surface area contributed by atoms with Crippen molar-refractivity contribution in [3.8, 4) is 6.07 Å². The van der Waals surface area contributed by atoms with E-state index < -0.39 is 16.1 Å². The highest BCUT2D eigenvalue weighted by Crippen LogP contribution is 2.24. The summed E-state index contributed by atoms with van der Waals surface area (Å²) in [6, 6.07) is 7.62. The second-order valence-electron chi connectivity index (χ2n) is 7.77. The van der Waals surface area contributed by atoms with Crippen LogP contribution < -0.4 is 0 Å². The summed E-state index contributed by atoms with van der Waals surface area (Å²) >= 11 is 0. The average Bonchev–Trinajstić information content (AvgIpc) is 3.06. The van der Waals surface area contributed by atoms with Crippen molar-refractivity contribution >= 4 is 21.6 Å². The molecule has 1 fully saturated rings. The molecule has 1 atom stereocenters. The van der Waals surface area contributed by atoms with E-state index in [-0.39, 0.29) is 35.1 Å². The number of H-pyrrole nitrogens is 1. The number of carbonyl (C=O) groups is 2. The van der Waals surface area contributed by atoms with Crippen LogP contribution in [0.25, 0.3) is 0 Å². The molecule has 31 heavy (non-hydrogen) atoms. The van der Waals surface area contributed by atoms with Crippen molar-refractivity contribution in [1.29, 1.82) is 5.26 Å². The monoisotopic (exact) mass is 442 g/mol.